The van der Waals surface area contributed by atoms with E-state index in [0.717, 1.165) is 16.7 Å². The number of para-hydroxylation sites is 1. The summed E-state index contributed by atoms with van der Waals surface area (Å²) >= 11 is 0. The lowest BCUT2D eigenvalue weighted by molar-refractivity contribution is 0.101. The number of rotatable bonds is 8. The molecule has 3 N–H and O–H groups in total. The normalized spacial score (nSPS) is 11.3. The molecular formula is C31H28N4O3S. The van der Waals surface area contributed by atoms with Crippen molar-refractivity contribution >= 4 is 21.6 Å². The van der Waals surface area contributed by atoms with Gasteiger partial charge in [-0.1, -0.05) is 90.5 Å². The van der Waals surface area contributed by atoms with Crippen molar-refractivity contribution in [3.8, 4) is 22.4 Å². The lowest BCUT2D eigenvalue weighted by Crippen LogP contribution is -2.19. The van der Waals surface area contributed by atoms with Gasteiger partial charge < -0.3 is 5.32 Å². The lowest BCUT2D eigenvalue weighted by Gasteiger charge is -2.11. The Bertz CT molecular complexity index is 1700. The van der Waals surface area contributed by atoms with Gasteiger partial charge in [0, 0.05) is 23.4 Å². The Labute approximate surface area is 228 Å². The number of nitrogens with two attached hydrogens (primary N) is 1. The van der Waals surface area contributed by atoms with E-state index in [2.05, 4.69) is 5.32 Å². The van der Waals surface area contributed by atoms with Crippen LogP contribution in [0.5, 0.6) is 0 Å². The van der Waals surface area contributed by atoms with E-state index in [4.69, 9.17) is 10.2 Å². The molecule has 0 atom stereocenters. The third kappa shape index (κ3) is 5.98. The molecule has 0 saturated heterocycles. The summed E-state index contributed by atoms with van der Waals surface area (Å²) in [6, 6.07) is 33.5. The van der Waals surface area contributed by atoms with E-state index in [-0.39, 0.29) is 10.8 Å². The standard InChI is InChI=1S/C31H28N4O3S/c1-22-12-14-24(15-13-22)28-29(25-16-18-27(19-17-25)39(32,37)38)34-35(21-20-23-8-4-2-5-9-23)30(28)31(36)33-26-10-6-3-7-11-26/h2-19H,20-21H2,1H3,(H,33,36)(H2,32,37,38). The number of hydrogen-bond donors (Lipinski definition) is 2. The Balaban J connectivity index is 1.67. The number of carbonyl (C=O) groups is 1. The predicted molar refractivity (Wildman–Crippen MR) is 154 cm³/mol. The van der Waals surface area contributed by atoms with Gasteiger partial charge in [-0.2, -0.15) is 5.10 Å². The maximum absolute atomic E-state index is 13.9. The highest BCUT2D eigenvalue weighted by Gasteiger charge is 2.26. The molecule has 5 aromatic rings. The third-order valence-corrected chi connectivity index (χ3v) is 7.38. The zero-order valence-corrected chi connectivity index (χ0v) is 22.2. The van der Waals surface area contributed by atoms with Crippen LogP contribution in [0.4, 0.5) is 5.69 Å². The molecule has 0 radical (unpaired) electrons. The van der Waals surface area contributed by atoms with E-state index in [1.807, 2.05) is 91.9 Å². The number of aryl methyl sites for hydroxylation is 3. The van der Waals surface area contributed by atoms with Crippen LogP contribution in [0, 0.1) is 6.92 Å². The van der Waals surface area contributed by atoms with E-state index in [1.54, 1.807) is 16.8 Å². The summed E-state index contributed by atoms with van der Waals surface area (Å²) in [4.78, 5) is 13.9. The van der Waals surface area contributed by atoms with Gasteiger partial charge in [-0.15, -0.1) is 0 Å². The van der Waals surface area contributed by atoms with Crippen molar-refractivity contribution in [1.29, 1.82) is 0 Å². The van der Waals surface area contributed by atoms with E-state index in [0.29, 0.717) is 41.2 Å². The second kappa shape index (κ2) is 11.1. The summed E-state index contributed by atoms with van der Waals surface area (Å²) in [6.07, 6.45) is 0.672. The summed E-state index contributed by atoms with van der Waals surface area (Å²) in [6.45, 7) is 2.47. The Morgan fingerprint density at radius 3 is 2.03 bits per heavy atom. The van der Waals surface area contributed by atoms with Crippen LogP contribution in [0.1, 0.15) is 21.6 Å². The van der Waals surface area contributed by atoms with Gasteiger partial charge in [-0.05, 0) is 48.7 Å². The van der Waals surface area contributed by atoms with Crippen LogP contribution in [-0.2, 0) is 23.0 Å². The quantitative estimate of drug-likeness (QED) is 0.266. The maximum atomic E-state index is 13.9. The number of carbonyl (C=O) groups excluding carboxylic acids is 1. The molecule has 0 saturated carbocycles. The minimum atomic E-state index is -3.85. The second-order valence-corrected chi connectivity index (χ2v) is 10.8. The average molecular weight is 537 g/mol. The first-order chi connectivity index (χ1) is 18.8. The number of nitrogens with zero attached hydrogens (tertiary/aromatic N) is 2. The summed E-state index contributed by atoms with van der Waals surface area (Å²) in [5.74, 6) is -0.287. The van der Waals surface area contributed by atoms with Gasteiger partial charge in [0.15, 0.2) is 0 Å². The summed E-state index contributed by atoms with van der Waals surface area (Å²) in [7, 11) is -3.85. The van der Waals surface area contributed by atoms with Gasteiger partial charge in [-0.25, -0.2) is 13.6 Å². The van der Waals surface area contributed by atoms with Crippen LogP contribution >= 0.6 is 0 Å². The Morgan fingerprint density at radius 2 is 1.41 bits per heavy atom. The highest BCUT2D eigenvalue weighted by molar-refractivity contribution is 7.89. The molecule has 0 aliphatic carbocycles. The molecule has 8 heteroatoms. The molecule has 0 aliphatic rings. The first-order valence-corrected chi connectivity index (χ1v) is 14.1. The molecule has 0 aliphatic heterocycles. The highest BCUT2D eigenvalue weighted by Crippen LogP contribution is 2.36. The summed E-state index contributed by atoms with van der Waals surface area (Å²) in [5.41, 5.74) is 6.05. The SMILES string of the molecule is Cc1ccc(-c2c(-c3ccc(S(N)(=O)=O)cc3)nn(CCc3ccccc3)c2C(=O)Nc2ccccc2)cc1. The third-order valence-electron chi connectivity index (χ3n) is 6.45. The van der Waals surface area contributed by atoms with Crippen LogP contribution in [0.25, 0.3) is 22.4 Å². The fourth-order valence-corrected chi connectivity index (χ4v) is 4.96. The van der Waals surface area contributed by atoms with Gasteiger partial charge in [0.1, 0.15) is 11.4 Å². The topological polar surface area (TPSA) is 107 Å². The van der Waals surface area contributed by atoms with Crippen molar-refractivity contribution < 1.29 is 13.2 Å². The molecule has 4 aromatic carbocycles. The second-order valence-electron chi connectivity index (χ2n) is 9.29. The zero-order valence-electron chi connectivity index (χ0n) is 21.4. The van der Waals surface area contributed by atoms with Gasteiger partial charge in [-0.3, -0.25) is 9.48 Å². The Morgan fingerprint density at radius 1 is 0.821 bits per heavy atom. The number of hydrogen-bond acceptors (Lipinski definition) is 4. The molecule has 7 nitrogen and oxygen atoms in total. The number of aromatic nitrogens is 2. The number of amides is 1. The molecule has 196 valence electrons. The van der Waals surface area contributed by atoms with Crippen LogP contribution in [0.2, 0.25) is 0 Å². The maximum Gasteiger partial charge on any atom is 0.274 e. The minimum Gasteiger partial charge on any atom is -0.321 e. The molecule has 1 aromatic heterocycles. The van der Waals surface area contributed by atoms with Gasteiger partial charge in [0.2, 0.25) is 10.0 Å². The number of nitrogens with one attached hydrogen (secondary N) is 1. The van der Waals surface area contributed by atoms with Crippen molar-refractivity contribution in [2.45, 2.75) is 24.8 Å². The van der Waals surface area contributed by atoms with Crippen LogP contribution in [0.15, 0.2) is 114 Å². The lowest BCUT2D eigenvalue weighted by atomic mass is 9.97. The summed E-state index contributed by atoms with van der Waals surface area (Å²) in [5, 5.41) is 13.3. The van der Waals surface area contributed by atoms with Crippen molar-refractivity contribution in [2.24, 2.45) is 5.14 Å². The molecule has 1 heterocycles. The van der Waals surface area contributed by atoms with E-state index >= 15 is 0 Å². The monoisotopic (exact) mass is 536 g/mol. The molecule has 0 bridgehead atoms. The van der Waals surface area contributed by atoms with Crippen LogP contribution in [-0.4, -0.2) is 24.1 Å². The van der Waals surface area contributed by atoms with Gasteiger partial charge in [0.05, 0.1) is 4.90 Å². The molecule has 1 amide bonds. The smallest absolute Gasteiger partial charge is 0.274 e. The van der Waals surface area contributed by atoms with Gasteiger partial charge >= 0.3 is 0 Å². The molecule has 39 heavy (non-hydrogen) atoms. The first kappa shape index (κ1) is 26.1. The minimum absolute atomic E-state index is 0.00805. The first-order valence-electron chi connectivity index (χ1n) is 12.5. The Kier molecular flexibility index (Phi) is 7.40. The summed E-state index contributed by atoms with van der Waals surface area (Å²) < 4.78 is 25.4. The number of anilines is 1. The molecule has 0 fully saturated rings. The molecule has 0 spiro atoms. The average Bonchev–Trinajstić information content (AvgIpc) is 3.33. The largest absolute Gasteiger partial charge is 0.321 e. The molecular weight excluding hydrogens is 508 g/mol. The number of sulfonamides is 1. The number of benzene rings is 4. The van der Waals surface area contributed by atoms with Crippen molar-refractivity contribution in [1.82, 2.24) is 9.78 Å². The van der Waals surface area contributed by atoms with Crippen LogP contribution < -0.4 is 10.5 Å². The fourth-order valence-electron chi connectivity index (χ4n) is 4.44. The Hall–Kier alpha value is -4.53. The van der Waals surface area contributed by atoms with Crippen molar-refractivity contribution in [3.05, 3.63) is 126 Å². The van der Waals surface area contributed by atoms with Crippen molar-refractivity contribution in [3.63, 3.8) is 0 Å². The molecule has 5 rings (SSSR count). The number of primary sulfonamides is 1. The van der Waals surface area contributed by atoms with E-state index in [9.17, 15) is 13.2 Å². The highest BCUT2D eigenvalue weighted by atomic mass is 32.2. The fraction of sp³-hybridized carbons (Fsp3) is 0.0968. The van der Waals surface area contributed by atoms with E-state index in [1.165, 1.54) is 12.1 Å². The van der Waals surface area contributed by atoms with Crippen LogP contribution in [0.3, 0.4) is 0 Å². The van der Waals surface area contributed by atoms with Crippen molar-refractivity contribution in [2.75, 3.05) is 5.32 Å². The zero-order chi connectivity index (χ0) is 27.4. The molecule has 0 unspecified atom stereocenters. The predicted octanol–water partition coefficient (Wildman–Crippen LogP) is 5.67. The van der Waals surface area contributed by atoms with Gasteiger partial charge in [0.25, 0.3) is 5.91 Å². The van der Waals surface area contributed by atoms with E-state index < -0.39 is 10.0 Å².